The fraction of sp³-hybridized carbons (Fsp3) is 0.308. The van der Waals surface area contributed by atoms with Gasteiger partial charge in [0, 0.05) is 11.8 Å². The molecule has 96 valence electrons. The maximum absolute atomic E-state index is 11.6. The highest BCUT2D eigenvalue weighted by atomic mass is 32.2. The van der Waals surface area contributed by atoms with Crippen LogP contribution in [0.2, 0.25) is 0 Å². The zero-order valence-corrected chi connectivity index (χ0v) is 10.7. The second-order valence-electron chi connectivity index (χ2n) is 4.32. The van der Waals surface area contributed by atoms with Gasteiger partial charge in [0.25, 0.3) is 0 Å². The lowest BCUT2D eigenvalue weighted by Gasteiger charge is -2.09. The van der Waals surface area contributed by atoms with Gasteiger partial charge in [0.1, 0.15) is 0 Å². The molecule has 18 heavy (non-hydrogen) atoms. The van der Waals surface area contributed by atoms with E-state index in [4.69, 9.17) is 0 Å². The molecule has 1 aliphatic rings. The molecule has 0 aromatic heterocycles. The molecule has 0 radical (unpaired) electrons. The van der Waals surface area contributed by atoms with Crippen LogP contribution in [0, 0.1) is 0 Å². The lowest BCUT2D eigenvalue weighted by molar-refractivity contribution is -0.121. The van der Waals surface area contributed by atoms with E-state index in [0.29, 0.717) is 12.8 Å². The van der Waals surface area contributed by atoms with Gasteiger partial charge in [-0.2, -0.15) is 0 Å². The maximum atomic E-state index is 11.6. The normalized spacial score (nSPS) is 20.8. The van der Waals surface area contributed by atoms with Crippen LogP contribution in [-0.2, 0) is 21.1 Å². The molecule has 0 saturated carbocycles. The van der Waals surface area contributed by atoms with Crippen molar-refractivity contribution in [2.45, 2.75) is 18.9 Å². The molecule has 0 saturated heterocycles. The van der Waals surface area contributed by atoms with Gasteiger partial charge in [-0.05, 0) is 18.1 Å². The Hall–Kier alpha value is -1.62. The molecule has 1 unspecified atom stereocenters. The van der Waals surface area contributed by atoms with E-state index in [1.54, 1.807) is 0 Å². The molecular weight excluding hydrogens is 250 g/mol. The number of nitrogens with one attached hydrogen (secondary N) is 1. The summed E-state index contributed by atoms with van der Waals surface area (Å²) in [6, 6.07) is 9.34. The van der Waals surface area contributed by atoms with E-state index < -0.39 is 9.84 Å². The number of hydrogen-bond acceptors (Lipinski definition) is 3. The van der Waals surface area contributed by atoms with Crippen molar-refractivity contribution in [1.82, 2.24) is 5.32 Å². The molecular formula is C13H15NO3S. The molecule has 4 nitrogen and oxygen atoms in total. The van der Waals surface area contributed by atoms with Gasteiger partial charge in [0.2, 0.25) is 5.91 Å². The number of amides is 1. The Morgan fingerprint density at radius 3 is 2.61 bits per heavy atom. The van der Waals surface area contributed by atoms with Crippen LogP contribution in [0.15, 0.2) is 41.8 Å². The van der Waals surface area contributed by atoms with E-state index in [9.17, 15) is 13.2 Å². The fourth-order valence-corrected chi connectivity index (χ4v) is 3.08. The fourth-order valence-electron chi connectivity index (χ4n) is 1.85. The van der Waals surface area contributed by atoms with Gasteiger partial charge in [0.15, 0.2) is 9.84 Å². The van der Waals surface area contributed by atoms with Crippen molar-refractivity contribution >= 4 is 15.7 Å². The monoisotopic (exact) mass is 265 g/mol. The first-order valence-corrected chi connectivity index (χ1v) is 7.51. The minimum absolute atomic E-state index is 0.0237. The molecule has 1 aromatic rings. The average Bonchev–Trinajstić information content (AvgIpc) is 2.67. The van der Waals surface area contributed by atoms with E-state index in [1.807, 2.05) is 30.3 Å². The summed E-state index contributed by atoms with van der Waals surface area (Å²) in [5, 5.41) is 3.86. The predicted octanol–water partition coefficient (Wildman–Crippen LogP) is 1.05. The summed E-state index contributed by atoms with van der Waals surface area (Å²) in [7, 11) is -3.10. The standard InChI is InChI=1S/C13H15NO3S/c15-13(7-6-11-4-2-1-3-5-11)14-12-8-9-18(16,17)10-12/h1-5,8-9,12H,6-7,10H2,(H,14,15). The second-order valence-corrected chi connectivity index (χ2v) is 6.25. The lowest BCUT2D eigenvalue weighted by Crippen LogP contribution is -2.35. The highest BCUT2D eigenvalue weighted by molar-refractivity contribution is 7.94. The zero-order chi connectivity index (χ0) is 13.0. The third kappa shape index (κ3) is 3.70. The minimum atomic E-state index is -3.10. The first-order chi connectivity index (χ1) is 8.55. The topological polar surface area (TPSA) is 63.2 Å². The molecule has 1 N–H and O–H groups in total. The van der Waals surface area contributed by atoms with E-state index in [-0.39, 0.29) is 17.7 Å². The summed E-state index contributed by atoms with van der Waals surface area (Å²) in [6.45, 7) is 0. The summed E-state index contributed by atoms with van der Waals surface area (Å²) in [6.07, 6.45) is 2.56. The zero-order valence-electron chi connectivity index (χ0n) is 9.87. The molecule has 1 amide bonds. The third-order valence-electron chi connectivity index (χ3n) is 2.76. The molecule has 1 aliphatic heterocycles. The number of benzene rings is 1. The van der Waals surface area contributed by atoms with Gasteiger partial charge in [-0.1, -0.05) is 30.3 Å². The van der Waals surface area contributed by atoms with Crippen LogP contribution < -0.4 is 5.32 Å². The Balaban J connectivity index is 1.79. The molecule has 2 rings (SSSR count). The van der Waals surface area contributed by atoms with Crippen molar-refractivity contribution in [1.29, 1.82) is 0 Å². The molecule has 1 atom stereocenters. The van der Waals surface area contributed by atoms with Gasteiger partial charge < -0.3 is 5.32 Å². The SMILES string of the molecule is O=C(CCc1ccccc1)NC1C=CS(=O)(=O)C1. The van der Waals surface area contributed by atoms with Gasteiger partial charge in [-0.25, -0.2) is 8.42 Å². The molecule has 0 fully saturated rings. The van der Waals surface area contributed by atoms with Gasteiger partial charge >= 0.3 is 0 Å². The van der Waals surface area contributed by atoms with Gasteiger partial charge in [0.05, 0.1) is 11.8 Å². The van der Waals surface area contributed by atoms with E-state index in [1.165, 1.54) is 6.08 Å². The average molecular weight is 265 g/mol. The Kier molecular flexibility index (Phi) is 3.81. The molecule has 0 aliphatic carbocycles. The predicted molar refractivity (Wildman–Crippen MR) is 69.6 cm³/mol. The summed E-state index contributed by atoms with van der Waals surface area (Å²) in [5.41, 5.74) is 1.10. The Morgan fingerprint density at radius 2 is 2.00 bits per heavy atom. The van der Waals surface area contributed by atoms with Crippen LogP contribution >= 0.6 is 0 Å². The van der Waals surface area contributed by atoms with Gasteiger partial charge in [-0.15, -0.1) is 0 Å². The lowest BCUT2D eigenvalue weighted by atomic mass is 10.1. The van der Waals surface area contributed by atoms with Crippen LogP contribution in [0.5, 0.6) is 0 Å². The number of aryl methyl sites for hydroxylation is 1. The van der Waals surface area contributed by atoms with Crippen LogP contribution in [-0.4, -0.2) is 26.1 Å². The molecule has 0 spiro atoms. The molecule has 0 bridgehead atoms. The summed E-state index contributed by atoms with van der Waals surface area (Å²) in [5.74, 6) is -0.144. The van der Waals surface area contributed by atoms with Crippen molar-refractivity contribution < 1.29 is 13.2 Å². The van der Waals surface area contributed by atoms with Crippen molar-refractivity contribution in [2.75, 3.05) is 5.75 Å². The summed E-state index contributed by atoms with van der Waals surface area (Å²) < 4.78 is 22.3. The Morgan fingerprint density at radius 1 is 1.28 bits per heavy atom. The highest BCUT2D eigenvalue weighted by Gasteiger charge is 2.22. The first-order valence-electron chi connectivity index (χ1n) is 5.79. The van der Waals surface area contributed by atoms with Crippen LogP contribution in [0.3, 0.4) is 0 Å². The van der Waals surface area contributed by atoms with Crippen LogP contribution in [0.25, 0.3) is 0 Å². The van der Waals surface area contributed by atoms with E-state index in [0.717, 1.165) is 11.0 Å². The summed E-state index contributed by atoms with van der Waals surface area (Å²) >= 11 is 0. The first kappa shape index (κ1) is 12.8. The third-order valence-corrected chi connectivity index (χ3v) is 4.16. The van der Waals surface area contributed by atoms with Crippen molar-refractivity contribution in [3.63, 3.8) is 0 Å². The smallest absolute Gasteiger partial charge is 0.220 e. The second kappa shape index (κ2) is 5.35. The largest absolute Gasteiger partial charge is 0.349 e. The van der Waals surface area contributed by atoms with Gasteiger partial charge in [-0.3, -0.25) is 4.79 Å². The number of hydrogen-bond donors (Lipinski definition) is 1. The van der Waals surface area contributed by atoms with Crippen LogP contribution in [0.1, 0.15) is 12.0 Å². The molecule has 1 aromatic carbocycles. The Labute approximate surface area is 107 Å². The summed E-state index contributed by atoms with van der Waals surface area (Å²) in [4.78, 5) is 11.6. The number of carbonyl (C=O) groups excluding carboxylic acids is 1. The minimum Gasteiger partial charge on any atom is -0.349 e. The number of rotatable bonds is 4. The quantitative estimate of drug-likeness (QED) is 0.885. The van der Waals surface area contributed by atoms with Crippen LogP contribution in [0.4, 0.5) is 0 Å². The maximum Gasteiger partial charge on any atom is 0.220 e. The number of carbonyl (C=O) groups is 1. The van der Waals surface area contributed by atoms with E-state index in [2.05, 4.69) is 5.32 Å². The number of sulfone groups is 1. The van der Waals surface area contributed by atoms with E-state index >= 15 is 0 Å². The van der Waals surface area contributed by atoms with Crippen molar-refractivity contribution in [3.8, 4) is 0 Å². The van der Waals surface area contributed by atoms with Crippen molar-refractivity contribution in [2.24, 2.45) is 0 Å². The van der Waals surface area contributed by atoms with Crippen molar-refractivity contribution in [3.05, 3.63) is 47.4 Å². The molecule has 5 heteroatoms. The highest BCUT2D eigenvalue weighted by Crippen LogP contribution is 2.08. The Bertz CT molecular complexity index is 549. The molecule has 1 heterocycles.